The van der Waals surface area contributed by atoms with Crippen molar-refractivity contribution in [2.75, 3.05) is 14.1 Å². The number of rotatable bonds is 13. The molecule has 2 amide bonds. The maximum Gasteiger partial charge on any atom is 0.331 e. The molecule has 0 aliphatic heterocycles. The van der Waals surface area contributed by atoms with E-state index in [1.54, 1.807) is 25.1 Å². The fourth-order valence-corrected chi connectivity index (χ4v) is 4.79. The third-order valence-corrected chi connectivity index (χ3v) is 7.21. The average Bonchev–Trinajstić information content (AvgIpc) is 2.89. The van der Waals surface area contributed by atoms with Gasteiger partial charge in [-0.15, -0.1) is 0 Å². The minimum Gasteiger partial charge on any atom is -0.478 e. The Kier molecular flexibility index (Phi) is 11.3. The summed E-state index contributed by atoms with van der Waals surface area (Å²) in [5.74, 6) is -1.56. The maximum absolute atomic E-state index is 13.8. The Balaban J connectivity index is 2.36. The standard InChI is InChI=1S/C31H43N3O4/c1-21(2)26(20-22(3)30(37)38)34(7)29(36)25(19-18-23-14-10-8-11-15-23)33-28(35)27(32-6)31(4,5)24-16-12-9-13-17-24/h8-17,20-21,25-27,32H,18-19H2,1-7H3,(H,33,35)(H,37,38)/b22-20+/t25?,26-,27-/m1/s1. The second-order valence-electron chi connectivity index (χ2n) is 10.7. The van der Waals surface area contributed by atoms with Gasteiger partial charge in [-0.3, -0.25) is 9.59 Å². The first-order chi connectivity index (χ1) is 17.9. The van der Waals surface area contributed by atoms with Crippen LogP contribution in [0.3, 0.4) is 0 Å². The number of hydrogen-bond acceptors (Lipinski definition) is 4. The zero-order valence-corrected chi connectivity index (χ0v) is 23.7. The highest BCUT2D eigenvalue weighted by Gasteiger charge is 2.38. The first-order valence-corrected chi connectivity index (χ1v) is 13.2. The van der Waals surface area contributed by atoms with Crippen LogP contribution >= 0.6 is 0 Å². The van der Waals surface area contributed by atoms with Crippen molar-refractivity contribution in [3.8, 4) is 0 Å². The molecule has 0 spiro atoms. The highest BCUT2D eigenvalue weighted by molar-refractivity contribution is 5.91. The Hall–Kier alpha value is -3.45. The number of carboxylic acids is 1. The molecule has 2 aromatic rings. The van der Waals surface area contributed by atoms with Crippen molar-refractivity contribution in [3.63, 3.8) is 0 Å². The largest absolute Gasteiger partial charge is 0.478 e. The van der Waals surface area contributed by atoms with E-state index in [1.807, 2.05) is 88.4 Å². The number of carboxylic acid groups (broad SMARTS) is 1. The van der Waals surface area contributed by atoms with E-state index in [9.17, 15) is 19.5 Å². The maximum atomic E-state index is 13.8. The minimum absolute atomic E-state index is 0.0224. The number of likely N-dealkylation sites (N-methyl/N-ethyl adjacent to an activating group) is 2. The Bertz CT molecular complexity index is 1100. The molecule has 3 N–H and O–H groups in total. The smallest absolute Gasteiger partial charge is 0.331 e. The van der Waals surface area contributed by atoms with Gasteiger partial charge in [0.15, 0.2) is 0 Å². The number of nitrogens with zero attached hydrogens (tertiary/aromatic N) is 1. The van der Waals surface area contributed by atoms with Gasteiger partial charge in [-0.25, -0.2) is 4.79 Å². The molecule has 0 fully saturated rings. The summed E-state index contributed by atoms with van der Waals surface area (Å²) >= 11 is 0. The van der Waals surface area contributed by atoms with Crippen LogP contribution in [0.4, 0.5) is 0 Å². The van der Waals surface area contributed by atoms with Gasteiger partial charge in [-0.2, -0.15) is 0 Å². The molecule has 7 nitrogen and oxygen atoms in total. The third kappa shape index (κ3) is 8.02. The van der Waals surface area contributed by atoms with Crippen LogP contribution in [0.1, 0.15) is 52.2 Å². The van der Waals surface area contributed by atoms with Crippen molar-refractivity contribution in [1.82, 2.24) is 15.5 Å². The highest BCUT2D eigenvalue weighted by Crippen LogP contribution is 2.27. The predicted octanol–water partition coefficient (Wildman–Crippen LogP) is 4.18. The first-order valence-electron chi connectivity index (χ1n) is 13.2. The van der Waals surface area contributed by atoms with E-state index >= 15 is 0 Å². The summed E-state index contributed by atoms with van der Waals surface area (Å²) in [4.78, 5) is 40.6. The fourth-order valence-electron chi connectivity index (χ4n) is 4.79. The summed E-state index contributed by atoms with van der Waals surface area (Å²) in [7, 11) is 3.42. The van der Waals surface area contributed by atoms with E-state index in [0.717, 1.165) is 11.1 Å². The van der Waals surface area contributed by atoms with Gasteiger partial charge in [0.25, 0.3) is 0 Å². The number of carbonyl (C=O) groups is 3. The highest BCUT2D eigenvalue weighted by atomic mass is 16.4. The second kappa shape index (κ2) is 13.9. The van der Waals surface area contributed by atoms with E-state index in [4.69, 9.17) is 0 Å². The lowest BCUT2D eigenvalue weighted by Gasteiger charge is -2.36. The predicted molar refractivity (Wildman–Crippen MR) is 152 cm³/mol. The molecule has 0 bridgehead atoms. The Labute approximate surface area is 227 Å². The minimum atomic E-state index is -1.02. The SMILES string of the molecule is CN[C@H](C(=O)NC(CCc1ccccc1)C(=O)N(C)[C@H](/C=C(\C)C(=O)O)C(C)C)C(C)(C)c1ccccc1. The van der Waals surface area contributed by atoms with Crippen molar-refractivity contribution in [2.45, 2.75) is 71.0 Å². The number of aryl methyl sites for hydroxylation is 1. The summed E-state index contributed by atoms with van der Waals surface area (Å²) in [6, 6.07) is 17.8. The van der Waals surface area contributed by atoms with Crippen molar-refractivity contribution < 1.29 is 19.5 Å². The molecular weight excluding hydrogens is 478 g/mol. The number of hydrogen-bond donors (Lipinski definition) is 3. The van der Waals surface area contributed by atoms with Gasteiger partial charge in [-0.1, -0.05) is 94.4 Å². The molecule has 0 aromatic heterocycles. The molecule has 0 saturated carbocycles. The van der Waals surface area contributed by atoms with Crippen LogP contribution in [0, 0.1) is 5.92 Å². The van der Waals surface area contributed by atoms with Crippen LogP contribution < -0.4 is 10.6 Å². The first kappa shape index (κ1) is 30.8. The van der Waals surface area contributed by atoms with Gasteiger partial charge in [0.2, 0.25) is 11.8 Å². The topological polar surface area (TPSA) is 98.7 Å². The zero-order chi connectivity index (χ0) is 28.5. The molecule has 0 saturated heterocycles. The molecule has 2 rings (SSSR count). The van der Waals surface area contributed by atoms with Crippen molar-refractivity contribution in [2.24, 2.45) is 5.92 Å². The molecule has 7 heteroatoms. The van der Waals surface area contributed by atoms with Crippen molar-refractivity contribution in [3.05, 3.63) is 83.4 Å². The number of carbonyl (C=O) groups excluding carboxylic acids is 2. The molecule has 3 atom stereocenters. The van der Waals surface area contributed by atoms with Gasteiger partial charge in [0.05, 0.1) is 12.1 Å². The van der Waals surface area contributed by atoms with E-state index in [-0.39, 0.29) is 23.3 Å². The van der Waals surface area contributed by atoms with Gasteiger partial charge in [-0.05, 0) is 43.9 Å². The normalized spacial score (nSPS) is 14.5. The van der Waals surface area contributed by atoms with Gasteiger partial charge in [0.1, 0.15) is 6.04 Å². The van der Waals surface area contributed by atoms with E-state index < -0.39 is 29.5 Å². The van der Waals surface area contributed by atoms with Crippen molar-refractivity contribution in [1.29, 1.82) is 0 Å². The number of aliphatic carboxylic acids is 1. The van der Waals surface area contributed by atoms with Crippen LogP contribution in [0.25, 0.3) is 0 Å². The number of amides is 2. The van der Waals surface area contributed by atoms with Crippen LogP contribution in [0.2, 0.25) is 0 Å². The van der Waals surface area contributed by atoms with E-state index in [2.05, 4.69) is 10.6 Å². The molecule has 38 heavy (non-hydrogen) atoms. The molecule has 0 heterocycles. The summed E-state index contributed by atoms with van der Waals surface area (Å²) in [6.07, 6.45) is 2.62. The summed E-state index contributed by atoms with van der Waals surface area (Å²) < 4.78 is 0. The lowest BCUT2D eigenvalue weighted by atomic mass is 9.77. The van der Waals surface area contributed by atoms with Gasteiger partial charge in [0, 0.05) is 18.0 Å². The molecule has 0 aliphatic rings. The van der Waals surface area contributed by atoms with Gasteiger partial charge >= 0.3 is 5.97 Å². The Morgan fingerprint density at radius 1 is 1.00 bits per heavy atom. The molecule has 206 valence electrons. The Morgan fingerprint density at radius 2 is 1.55 bits per heavy atom. The zero-order valence-electron chi connectivity index (χ0n) is 23.7. The number of benzene rings is 2. The molecule has 1 unspecified atom stereocenters. The molecule has 2 aromatic carbocycles. The summed E-state index contributed by atoms with van der Waals surface area (Å²) in [5, 5.41) is 15.6. The molecule has 0 aliphatic carbocycles. The number of nitrogens with one attached hydrogen (secondary N) is 2. The third-order valence-electron chi connectivity index (χ3n) is 7.21. The fraction of sp³-hybridized carbons (Fsp3) is 0.452. The lowest BCUT2D eigenvalue weighted by Crippen LogP contribution is -2.58. The average molecular weight is 522 g/mol. The summed E-state index contributed by atoms with van der Waals surface area (Å²) in [6.45, 7) is 9.41. The summed E-state index contributed by atoms with van der Waals surface area (Å²) in [5.41, 5.74) is 1.71. The lowest BCUT2D eigenvalue weighted by molar-refractivity contribution is -0.138. The van der Waals surface area contributed by atoms with E-state index in [0.29, 0.717) is 12.8 Å². The monoisotopic (exact) mass is 521 g/mol. The van der Waals surface area contributed by atoms with Crippen LogP contribution in [-0.2, 0) is 26.2 Å². The Morgan fingerprint density at radius 3 is 2.05 bits per heavy atom. The van der Waals surface area contributed by atoms with Crippen LogP contribution in [-0.4, -0.2) is 60.0 Å². The van der Waals surface area contributed by atoms with E-state index in [1.165, 1.54) is 6.92 Å². The van der Waals surface area contributed by atoms with Crippen LogP contribution in [0.15, 0.2) is 72.3 Å². The quantitative estimate of drug-likeness (QED) is 0.344. The second-order valence-corrected chi connectivity index (χ2v) is 10.7. The molecular formula is C31H43N3O4. The van der Waals surface area contributed by atoms with Crippen molar-refractivity contribution >= 4 is 17.8 Å². The van der Waals surface area contributed by atoms with Gasteiger partial charge < -0.3 is 20.6 Å². The molecule has 0 radical (unpaired) electrons. The van der Waals surface area contributed by atoms with Crippen LogP contribution in [0.5, 0.6) is 0 Å².